The van der Waals surface area contributed by atoms with Crippen molar-refractivity contribution in [1.82, 2.24) is 19.5 Å². The lowest BCUT2D eigenvalue weighted by atomic mass is 10.1. The van der Waals surface area contributed by atoms with Gasteiger partial charge in [0.25, 0.3) is 12.3 Å². The van der Waals surface area contributed by atoms with Crippen LogP contribution in [0.1, 0.15) is 28.0 Å². The maximum Gasteiger partial charge on any atom is 0.416 e. The van der Waals surface area contributed by atoms with Gasteiger partial charge in [0.1, 0.15) is 17.0 Å². The van der Waals surface area contributed by atoms with Crippen LogP contribution in [0, 0.1) is 0 Å². The average molecular weight is 531 g/mol. The quantitative estimate of drug-likeness (QED) is 0.326. The lowest BCUT2D eigenvalue weighted by Gasteiger charge is -2.36. The van der Waals surface area contributed by atoms with Gasteiger partial charge in [-0.3, -0.25) is 4.79 Å². The molecule has 0 radical (unpaired) electrons. The summed E-state index contributed by atoms with van der Waals surface area (Å²) in [7, 11) is 1.51. The van der Waals surface area contributed by atoms with Gasteiger partial charge in [-0.15, -0.1) is 0 Å². The zero-order valence-electron chi connectivity index (χ0n) is 20.1. The minimum atomic E-state index is -4.45. The summed E-state index contributed by atoms with van der Waals surface area (Å²) >= 11 is 0. The number of benzene rings is 2. The van der Waals surface area contributed by atoms with Crippen molar-refractivity contribution in [3.8, 4) is 17.0 Å². The Morgan fingerprint density at radius 3 is 2.34 bits per heavy atom. The molecule has 1 amide bonds. The molecule has 4 aromatic rings. The Bertz CT molecular complexity index is 1460. The van der Waals surface area contributed by atoms with Crippen molar-refractivity contribution in [2.24, 2.45) is 0 Å². The van der Waals surface area contributed by atoms with Crippen LogP contribution in [0.2, 0.25) is 0 Å². The van der Waals surface area contributed by atoms with Gasteiger partial charge in [-0.05, 0) is 48.5 Å². The molecular formula is C26H22F5N5O2. The molecule has 0 unspecified atom stereocenters. The van der Waals surface area contributed by atoms with Crippen molar-refractivity contribution >= 4 is 17.2 Å². The van der Waals surface area contributed by atoms with E-state index >= 15 is 0 Å². The average Bonchev–Trinajstić information content (AvgIpc) is 3.36. The lowest BCUT2D eigenvalue weighted by Crippen LogP contribution is -2.48. The van der Waals surface area contributed by atoms with Crippen LogP contribution in [0.3, 0.4) is 0 Å². The molecule has 0 bridgehead atoms. The molecule has 2 aromatic heterocycles. The predicted molar refractivity (Wildman–Crippen MR) is 129 cm³/mol. The maximum atomic E-state index is 13.9. The van der Waals surface area contributed by atoms with E-state index in [0.717, 1.165) is 16.6 Å². The highest BCUT2D eigenvalue weighted by Gasteiger charge is 2.32. The zero-order chi connectivity index (χ0) is 27.0. The molecule has 1 saturated heterocycles. The summed E-state index contributed by atoms with van der Waals surface area (Å²) < 4.78 is 73.2. The summed E-state index contributed by atoms with van der Waals surface area (Å²) in [5, 5.41) is 4.00. The van der Waals surface area contributed by atoms with E-state index in [1.165, 1.54) is 30.3 Å². The first-order chi connectivity index (χ1) is 18.2. The van der Waals surface area contributed by atoms with Gasteiger partial charge in [0.05, 0.1) is 24.6 Å². The summed E-state index contributed by atoms with van der Waals surface area (Å²) in [4.78, 5) is 21.1. The number of carbonyl (C=O) groups excluding carboxylic acids is 1. The molecular weight excluding hydrogens is 509 g/mol. The van der Waals surface area contributed by atoms with Crippen molar-refractivity contribution < 1.29 is 31.5 Å². The number of alkyl halides is 5. The second-order valence-electron chi connectivity index (χ2n) is 8.72. The molecule has 198 valence electrons. The molecule has 7 nitrogen and oxygen atoms in total. The topological polar surface area (TPSA) is 63.0 Å². The van der Waals surface area contributed by atoms with Crippen LogP contribution in [0.25, 0.3) is 16.9 Å². The van der Waals surface area contributed by atoms with Crippen LogP contribution < -0.4 is 9.64 Å². The van der Waals surface area contributed by atoms with E-state index in [1.54, 1.807) is 35.2 Å². The number of hydrogen-bond acceptors (Lipinski definition) is 5. The van der Waals surface area contributed by atoms with Crippen molar-refractivity contribution in [2.75, 3.05) is 38.2 Å². The van der Waals surface area contributed by atoms with Crippen molar-refractivity contribution in [3.05, 3.63) is 77.6 Å². The van der Waals surface area contributed by atoms with Crippen LogP contribution in [-0.2, 0) is 6.18 Å². The zero-order valence-corrected chi connectivity index (χ0v) is 20.1. The maximum absolute atomic E-state index is 13.9. The van der Waals surface area contributed by atoms with Gasteiger partial charge in [0, 0.05) is 37.4 Å². The fourth-order valence-electron chi connectivity index (χ4n) is 4.42. The molecule has 12 heteroatoms. The summed E-state index contributed by atoms with van der Waals surface area (Å²) in [6, 6.07) is 13.0. The molecule has 3 heterocycles. The Hall–Kier alpha value is -4.22. The van der Waals surface area contributed by atoms with Crippen LogP contribution in [0.5, 0.6) is 5.75 Å². The number of halogens is 5. The van der Waals surface area contributed by atoms with E-state index in [9.17, 15) is 26.7 Å². The number of hydrogen-bond donors (Lipinski definition) is 0. The predicted octanol–water partition coefficient (Wildman–Crippen LogP) is 5.32. The van der Waals surface area contributed by atoms with Gasteiger partial charge in [-0.25, -0.2) is 18.3 Å². The third-order valence-electron chi connectivity index (χ3n) is 6.44. The minimum Gasteiger partial charge on any atom is -0.497 e. The minimum absolute atomic E-state index is 0.000994. The molecule has 0 aliphatic carbocycles. The Labute approximate surface area is 214 Å². The van der Waals surface area contributed by atoms with Gasteiger partial charge in [0.2, 0.25) is 0 Å². The first-order valence-corrected chi connectivity index (χ1v) is 11.7. The standard InChI is InChI=1S/C26H22F5N5O2/c1-38-19-7-5-16(6-8-19)21-14-22(23(27)28)36-24(33-21)20(15-32-36)25(37)35-11-9-34(10-12-35)18-4-2-3-17(13-18)26(29,30)31/h2-8,13-15,23H,9-12H2,1H3. The second-order valence-corrected chi connectivity index (χ2v) is 8.72. The normalized spacial score (nSPS) is 14.4. The number of fused-ring (bicyclic) bond motifs is 1. The highest BCUT2D eigenvalue weighted by molar-refractivity contribution is 6.00. The first-order valence-electron chi connectivity index (χ1n) is 11.7. The molecule has 0 spiro atoms. The summed E-state index contributed by atoms with van der Waals surface area (Å²) in [5.74, 6) is 0.150. The number of piperazine rings is 1. The van der Waals surface area contributed by atoms with E-state index < -0.39 is 29.8 Å². The van der Waals surface area contributed by atoms with Gasteiger partial charge in [-0.1, -0.05) is 6.07 Å². The fraction of sp³-hybridized carbons (Fsp3) is 0.269. The monoisotopic (exact) mass is 531 g/mol. The number of ether oxygens (including phenoxy) is 1. The molecule has 38 heavy (non-hydrogen) atoms. The fourth-order valence-corrected chi connectivity index (χ4v) is 4.42. The molecule has 0 saturated carbocycles. The highest BCUT2D eigenvalue weighted by atomic mass is 19.4. The third kappa shape index (κ3) is 4.85. The molecule has 1 aliphatic rings. The van der Waals surface area contributed by atoms with Gasteiger partial charge < -0.3 is 14.5 Å². The molecule has 0 atom stereocenters. The smallest absolute Gasteiger partial charge is 0.416 e. The largest absolute Gasteiger partial charge is 0.497 e. The molecule has 0 N–H and O–H groups in total. The summed E-state index contributed by atoms with van der Waals surface area (Å²) in [6.45, 7) is 1.07. The van der Waals surface area contributed by atoms with Crippen molar-refractivity contribution in [1.29, 1.82) is 0 Å². The summed E-state index contributed by atoms with van der Waals surface area (Å²) in [5.41, 5.74) is 0.135. The molecule has 5 rings (SSSR count). The van der Waals surface area contributed by atoms with E-state index in [2.05, 4.69) is 10.1 Å². The second kappa shape index (κ2) is 9.92. The first kappa shape index (κ1) is 25.4. The van der Waals surface area contributed by atoms with Gasteiger partial charge in [-0.2, -0.15) is 18.3 Å². The van der Waals surface area contributed by atoms with Gasteiger partial charge in [0.15, 0.2) is 5.65 Å². The number of nitrogens with zero attached hydrogens (tertiary/aromatic N) is 5. The van der Waals surface area contributed by atoms with E-state index in [4.69, 9.17) is 4.74 Å². The Morgan fingerprint density at radius 1 is 1.00 bits per heavy atom. The van der Waals surface area contributed by atoms with Crippen molar-refractivity contribution in [3.63, 3.8) is 0 Å². The number of anilines is 1. The lowest BCUT2D eigenvalue weighted by molar-refractivity contribution is -0.137. The van der Waals surface area contributed by atoms with Crippen LogP contribution in [0.15, 0.2) is 60.8 Å². The Kier molecular flexibility index (Phi) is 6.64. The van der Waals surface area contributed by atoms with Gasteiger partial charge >= 0.3 is 6.18 Å². The van der Waals surface area contributed by atoms with Crippen LogP contribution >= 0.6 is 0 Å². The van der Waals surface area contributed by atoms with Crippen LogP contribution in [0.4, 0.5) is 27.6 Å². The van der Waals surface area contributed by atoms with E-state index in [1.807, 2.05) is 0 Å². The number of carbonyl (C=O) groups is 1. The SMILES string of the molecule is COc1ccc(-c2cc(C(F)F)n3ncc(C(=O)N4CCN(c5cccc(C(F)(F)F)c5)CC4)c3n2)cc1. The van der Waals surface area contributed by atoms with E-state index in [-0.39, 0.29) is 30.0 Å². The Morgan fingerprint density at radius 2 is 1.71 bits per heavy atom. The Balaban J connectivity index is 1.40. The van der Waals surface area contributed by atoms with E-state index in [0.29, 0.717) is 30.1 Å². The van der Waals surface area contributed by atoms with Crippen molar-refractivity contribution in [2.45, 2.75) is 12.6 Å². The summed E-state index contributed by atoms with van der Waals surface area (Å²) in [6.07, 6.45) is -6.10. The molecule has 1 fully saturated rings. The molecule has 2 aromatic carbocycles. The molecule has 1 aliphatic heterocycles. The number of amides is 1. The van der Waals surface area contributed by atoms with Crippen LogP contribution in [-0.4, -0.2) is 58.7 Å². The number of aromatic nitrogens is 3. The number of rotatable bonds is 5. The third-order valence-corrected chi connectivity index (χ3v) is 6.44. The number of methoxy groups -OCH3 is 1. The highest BCUT2D eigenvalue weighted by Crippen LogP contribution is 2.32.